The van der Waals surface area contributed by atoms with Crippen molar-refractivity contribution in [3.63, 3.8) is 0 Å². The molecule has 1 saturated heterocycles. The third kappa shape index (κ3) is 2.08. The summed E-state index contributed by atoms with van der Waals surface area (Å²) < 4.78 is 0.718. The maximum atomic E-state index is 12.0. The smallest absolute Gasteiger partial charge is 0.325 e. The van der Waals surface area contributed by atoms with Crippen molar-refractivity contribution in [2.45, 2.75) is 25.9 Å². The molecule has 5 nitrogen and oxygen atoms in total. The summed E-state index contributed by atoms with van der Waals surface area (Å²) in [5, 5.41) is 2.64. The van der Waals surface area contributed by atoms with E-state index < -0.39 is 5.54 Å². The average Bonchev–Trinajstić information content (AvgIpc) is 2.47. The van der Waals surface area contributed by atoms with E-state index in [-0.39, 0.29) is 18.5 Å². The number of anilines is 1. The van der Waals surface area contributed by atoms with Gasteiger partial charge >= 0.3 is 6.03 Å². The number of hydrogen-bond donors (Lipinski definition) is 2. The van der Waals surface area contributed by atoms with E-state index in [0.29, 0.717) is 5.69 Å². The van der Waals surface area contributed by atoms with Crippen molar-refractivity contribution in [2.24, 2.45) is 0 Å². The van der Waals surface area contributed by atoms with Gasteiger partial charge < -0.3 is 11.1 Å². The molecular weight excluding hydrogens is 298 g/mol. The Bertz CT molecular complexity index is 528. The molecule has 0 saturated carbocycles. The minimum Gasteiger partial charge on any atom is -0.398 e. The van der Waals surface area contributed by atoms with E-state index in [1.54, 1.807) is 26.0 Å². The lowest BCUT2D eigenvalue weighted by atomic mass is 10.1. The van der Waals surface area contributed by atoms with Crippen LogP contribution >= 0.6 is 15.9 Å². The normalized spacial score (nSPS) is 18.1. The molecule has 1 aliphatic heterocycles. The average molecular weight is 312 g/mol. The number of hydrogen-bond acceptors (Lipinski definition) is 3. The van der Waals surface area contributed by atoms with E-state index in [1.165, 1.54) is 4.90 Å². The summed E-state index contributed by atoms with van der Waals surface area (Å²) in [6, 6.07) is 4.99. The zero-order valence-electron chi connectivity index (χ0n) is 10.2. The largest absolute Gasteiger partial charge is 0.398 e. The molecule has 0 radical (unpaired) electrons. The van der Waals surface area contributed by atoms with Gasteiger partial charge in [-0.25, -0.2) is 4.79 Å². The Kier molecular flexibility index (Phi) is 3.06. The predicted molar refractivity (Wildman–Crippen MR) is 71.7 cm³/mol. The molecule has 1 fully saturated rings. The van der Waals surface area contributed by atoms with Gasteiger partial charge in [0.2, 0.25) is 0 Å². The number of halogens is 1. The first-order valence-electron chi connectivity index (χ1n) is 5.50. The van der Waals surface area contributed by atoms with Crippen LogP contribution in [0.2, 0.25) is 0 Å². The highest BCUT2D eigenvalue weighted by Crippen LogP contribution is 2.27. The number of nitrogens with zero attached hydrogens (tertiary/aromatic N) is 1. The molecule has 0 bridgehead atoms. The molecule has 6 heteroatoms. The molecular formula is C12H14BrN3O2. The standard InChI is InChI=1S/C12H14BrN3O2/c1-12(2)10(17)16(11(18)15-12)6-7-4-3-5-8(14)9(7)13/h3-5H,6,14H2,1-2H3,(H,15,18). The number of nitrogen functional groups attached to an aromatic ring is 1. The van der Waals surface area contributed by atoms with Crippen LogP contribution in [-0.4, -0.2) is 22.4 Å². The maximum absolute atomic E-state index is 12.0. The number of imide groups is 1. The van der Waals surface area contributed by atoms with Crippen LogP contribution in [0.15, 0.2) is 22.7 Å². The minimum atomic E-state index is -0.843. The SMILES string of the molecule is CC1(C)NC(=O)N(Cc2cccc(N)c2Br)C1=O. The topological polar surface area (TPSA) is 75.4 Å². The Morgan fingerprint density at radius 1 is 1.39 bits per heavy atom. The van der Waals surface area contributed by atoms with Gasteiger partial charge in [0.1, 0.15) is 5.54 Å². The predicted octanol–water partition coefficient (Wildman–Crippen LogP) is 1.86. The lowest BCUT2D eigenvalue weighted by Crippen LogP contribution is -2.40. The Labute approximate surface area is 113 Å². The number of nitrogens with one attached hydrogen (secondary N) is 1. The summed E-state index contributed by atoms with van der Waals surface area (Å²) >= 11 is 3.36. The molecule has 0 aliphatic carbocycles. The van der Waals surface area contributed by atoms with Gasteiger partial charge in [-0.2, -0.15) is 0 Å². The Morgan fingerprint density at radius 3 is 2.61 bits per heavy atom. The first-order chi connectivity index (χ1) is 8.33. The number of urea groups is 1. The molecule has 18 heavy (non-hydrogen) atoms. The first-order valence-corrected chi connectivity index (χ1v) is 6.29. The van der Waals surface area contributed by atoms with E-state index in [2.05, 4.69) is 21.2 Å². The number of carbonyl (C=O) groups is 2. The van der Waals surface area contributed by atoms with Crippen LogP contribution in [0.4, 0.5) is 10.5 Å². The number of benzene rings is 1. The van der Waals surface area contributed by atoms with Crippen LogP contribution in [0, 0.1) is 0 Å². The summed E-state index contributed by atoms with van der Waals surface area (Å²) in [6.45, 7) is 3.57. The van der Waals surface area contributed by atoms with Crippen molar-refractivity contribution in [3.05, 3.63) is 28.2 Å². The van der Waals surface area contributed by atoms with E-state index >= 15 is 0 Å². The number of rotatable bonds is 2. The second kappa shape index (κ2) is 4.28. The van der Waals surface area contributed by atoms with Gasteiger partial charge in [-0.05, 0) is 41.4 Å². The zero-order valence-corrected chi connectivity index (χ0v) is 11.7. The highest BCUT2D eigenvalue weighted by atomic mass is 79.9. The molecule has 96 valence electrons. The van der Waals surface area contributed by atoms with Crippen molar-refractivity contribution in [1.82, 2.24) is 10.2 Å². The molecule has 0 aromatic heterocycles. The summed E-state index contributed by atoms with van der Waals surface area (Å²) in [5.41, 5.74) is 6.31. The van der Waals surface area contributed by atoms with Gasteiger partial charge in [0.25, 0.3) is 5.91 Å². The fourth-order valence-electron chi connectivity index (χ4n) is 1.85. The summed E-state index contributed by atoms with van der Waals surface area (Å²) in [5.74, 6) is -0.234. The van der Waals surface area contributed by atoms with Crippen LogP contribution in [0.3, 0.4) is 0 Å². The number of nitrogens with two attached hydrogens (primary N) is 1. The van der Waals surface area contributed by atoms with E-state index in [4.69, 9.17) is 5.73 Å². The zero-order chi connectivity index (χ0) is 13.5. The lowest BCUT2D eigenvalue weighted by Gasteiger charge is -2.17. The maximum Gasteiger partial charge on any atom is 0.325 e. The fourth-order valence-corrected chi connectivity index (χ4v) is 2.24. The minimum absolute atomic E-state index is 0.208. The van der Waals surface area contributed by atoms with Crippen LogP contribution < -0.4 is 11.1 Å². The van der Waals surface area contributed by atoms with Crippen LogP contribution in [0.25, 0.3) is 0 Å². The van der Waals surface area contributed by atoms with E-state index in [9.17, 15) is 9.59 Å². The van der Waals surface area contributed by atoms with Crippen molar-refractivity contribution >= 4 is 33.6 Å². The lowest BCUT2D eigenvalue weighted by molar-refractivity contribution is -0.130. The molecule has 2 rings (SSSR count). The molecule has 0 atom stereocenters. The molecule has 3 N–H and O–H groups in total. The second-order valence-corrected chi connectivity index (χ2v) is 5.56. The van der Waals surface area contributed by atoms with E-state index in [0.717, 1.165) is 10.0 Å². The molecule has 1 aromatic rings. The molecule has 3 amide bonds. The van der Waals surface area contributed by atoms with E-state index in [1.807, 2.05) is 6.07 Å². The monoisotopic (exact) mass is 311 g/mol. The first kappa shape index (κ1) is 12.9. The van der Waals surface area contributed by atoms with Crippen molar-refractivity contribution < 1.29 is 9.59 Å². The second-order valence-electron chi connectivity index (χ2n) is 4.77. The van der Waals surface area contributed by atoms with Crippen LogP contribution in [-0.2, 0) is 11.3 Å². The Morgan fingerprint density at radius 2 is 2.06 bits per heavy atom. The molecule has 1 aliphatic rings. The van der Waals surface area contributed by atoms with Gasteiger partial charge in [-0.15, -0.1) is 0 Å². The third-order valence-electron chi connectivity index (χ3n) is 2.88. The van der Waals surface area contributed by atoms with Crippen LogP contribution in [0.5, 0.6) is 0 Å². The van der Waals surface area contributed by atoms with Gasteiger partial charge in [0, 0.05) is 10.2 Å². The molecule has 0 unspecified atom stereocenters. The van der Waals surface area contributed by atoms with Crippen molar-refractivity contribution in [1.29, 1.82) is 0 Å². The molecule has 1 heterocycles. The van der Waals surface area contributed by atoms with Gasteiger partial charge in [0.15, 0.2) is 0 Å². The van der Waals surface area contributed by atoms with Crippen molar-refractivity contribution in [2.75, 3.05) is 5.73 Å². The summed E-state index contributed by atoms with van der Waals surface area (Å²) in [4.78, 5) is 25.0. The number of amides is 3. The third-order valence-corrected chi connectivity index (χ3v) is 3.85. The van der Waals surface area contributed by atoms with Gasteiger partial charge in [-0.3, -0.25) is 9.69 Å². The highest BCUT2D eigenvalue weighted by molar-refractivity contribution is 9.10. The van der Waals surface area contributed by atoms with Crippen LogP contribution in [0.1, 0.15) is 19.4 Å². The Hall–Kier alpha value is -1.56. The highest BCUT2D eigenvalue weighted by Gasteiger charge is 2.44. The van der Waals surface area contributed by atoms with Gasteiger partial charge in [-0.1, -0.05) is 12.1 Å². The number of carbonyl (C=O) groups excluding carboxylic acids is 2. The summed E-state index contributed by atoms with van der Waals surface area (Å²) in [7, 11) is 0. The van der Waals surface area contributed by atoms with Gasteiger partial charge in [0.05, 0.1) is 6.54 Å². The summed E-state index contributed by atoms with van der Waals surface area (Å²) in [6.07, 6.45) is 0. The molecule has 1 aromatic carbocycles. The van der Waals surface area contributed by atoms with Crippen molar-refractivity contribution in [3.8, 4) is 0 Å². The molecule has 0 spiro atoms. The Balaban J connectivity index is 2.27. The quantitative estimate of drug-likeness (QED) is 0.646. The fraction of sp³-hybridized carbons (Fsp3) is 0.333.